The maximum Gasteiger partial charge on any atom is 0.289 e. The highest BCUT2D eigenvalue weighted by molar-refractivity contribution is 7.91. The fourth-order valence-electron chi connectivity index (χ4n) is 2.78. The van der Waals surface area contributed by atoms with Gasteiger partial charge in [0.15, 0.2) is 0 Å². The maximum absolute atomic E-state index is 12.9. The predicted octanol–water partition coefficient (Wildman–Crippen LogP) is 4.65. The van der Waals surface area contributed by atoms with Crippen molar-refractivity contribution in [2.75, 3.05) is 12.4 Å². The van der Waals surface area contributed by atoms with E-state index in [2.05, 4.69) is 5.32 Å². The van der Waals surface area contributed by atoms with Gasteiger partial charge in [-0.15, -0.1) is 0 Å². The van der Waals surface area contributed by atoms with Gasteiger partial charge in [-0.1, -0.05) is 17.7 Å². The summed E-state index contributed by atoms with van der Waals surface area (Å²) in [5.74, 6) is -0.201. The molecule has 10 heteroatoms. The van der Waals surface area contributed by atoms with Crippen LogP contribution in [0.25, 0.3) is 0 Å². The van der Waals surface area contributed by atoms with Crippen LogP contribution >= 0.6 is 11.6 Å². The summed E-state index contributed by atoms with van der Waals surface area (Å²) >= 11 is 6.04. The van der Waals surface area contributed by atoms with Crippen LogP contribution in [0.5, 0.6) is 5.75 Å². The van der Waals surface area contributed by atoms with E-state index in [-0.39, 0.29) is 10.5 Å². The van der Waals surface area contributed by atoms with Crippen LogP contribution < -0.4 is 10.1 Å². The van der Waals surface area contributed by atoms with E-state index in [1.807, 2.05) is 0 Å². The van der Waals surface area contributed by atoms with Crippen molar-refractivity contribution in [1.29, 1.82) is 0 Å². The molecule has 1 amide bonds. The number of aryl methyl sites for hydroxylation is 1. The zero-order chi connectivity index (χ0) is 22.8. The van der Waals surface area contributed by atoms with Crippen LogP contribution in [0, 0.1) is 17.0 Å². The number of halogens is 1. The molecule has 160 valence electrons. The number of anilines is 1. The quantitative estimate of drug-likeness (QED) is 0.422. The molecule has 0 saturated heterocycles. The van der Waals surface area contributed by atoms with Gasteiger partial charge in [0, 0.05) is 22.3 Å². The van der Waals surface area contributed by atoms with E-state index in [1.54, 1.807) is 25.1 Å². The molecule has 0 aliphatic carbocycles. The Morgan fingerprint density at radius 1 is 1.06 bits per heavy atom. The normalized spacial score (nSPS) is 11.1. The van der Waals surface area contributed by atoms with Crippen LogP contribution in [-0.2, 0) is 9.84 Å². The third-order valence-corrected chi connectivity index (χ3v) is 6.73. The molecule has 0 radical (unpaired) electrons. The number of hydrogen-bond acceptors (Lipinski definition) is 6. The standard InChI is InChI=1S/C21H17ClN2O6S/c1-13-3-5-15(12-18(13)22)23-21(25)14-4-10-20(19(11-14)24(26)27)31(28,29)17-8-6-16(30-2)7-9-17/h3-12H,1-2H3,(H,23,25). The average molecular weight is 461 g/mol. The molecule has 0 saturated carbocycles. The highest BCUT2D eigenvalue weighted by Crippen LogP contribution is 2.31. The fourth-order valence-corrected chi connectivity index (χ4v) is 4.37. The van der Waals surface area contributed by atoms with Crippen molar-refractivity contribution >= 4 is 38.7 Å². The molecule has 0 bridgehead atoms. The molecular weight excluding hydrogens is 444 g/mol. The molecule has 0 aliphatic heterocycles. The molecule has 0 aliphatic rings. The van der Waals surface area contributed by atoms with Gasteiger partial charge in [-0.3, -0.25) is 14.9 Å². The number of nitro benzene ring substituents is 1. The van der Waals surface area contributed by atoms with E-state index < -0.39 is 31.3 Å². The minimum Gasteiger partial charge on any atom is -0.497 e. The number of sulfone groups is 1. The van der Waals surface area contributed by atoms with Crippen LogP contribution in [-0.4, -0.2) is 26.4 Å². The van der Waals surface area contributed by atoms with Crippen LogP contribution in [0.3, 0.4) is 0 Å². The van der Waals surface area contributed by atoms with Crippen LogP contribution in [0.15, 0.2) is 70.5 Å². The number of nitrogens with zero attached hydrogens (tertiary/aromatic N) is 1. The van der Waals surface area contributed by atoms with Crippen LogP contribution in [0.4, 0.5) is 11.4 Å². The summed E-state index contributed by atoms with van der Waals surface area (Å²) in [6.07, 6.45) is 0. The molecular formula is C21H17ClN2O6S. The average Bonchev–Trinajstić information content (AvgIpc) is 2.75. The molecule has 0 fully saturated rings. The lowest BCUT2D eigenvalue weighted by molar-refractivity contribution is -0.387. The molecule has 8 nitrogen and oxygen atoms in total. The smallest absolute Gasteiger partial charge is 0.289 e. The van der Waals surface area contributed by atoms with E-state index in [0.29, 0.717) is 16.5 Å². The zero-order valence-electron chi connectivity index (χ0n) is 16.5. The van der Waals surface area contributed by atoms with Gasteiger partial charge in [0.2, 0.25) is 9.84 Å². The van der Waals surface area contributed by atoms with Crippen molar-refractivity contribution in [2.45, 2.75) is 16.7 Å². The first-order chi connectivity index (χ1) is 14.6. The first kappa shape index (κ1) is 22.3. The Hall–Kier alpha value is -3.43. The number of carbonyl (C=O) groups excluding carboxylic acids is 1. The Morgan fingerprint density at radius 2 is 1.74 bits per heavy atom. The molecule has 3 rings (SSSR count). The molecule has 3 aromatic rings. The van der Waals surface area contributed by atoms with Gasteiger partial charge < -0.3 is 10.1 Å². The largest absolute Gasteiger partial charge is 0.497 e. The lowest BCUT2D eigenvalue weighted by Crippen LogP contribution is -2.13. The Labute approximate surface area is 183 Å². The van der Waals surface area contributed by atoms with E-state index >= 15 is 0 Å². The second-order valence-corrected chi connectivity index (χ2v) is 8.86. The number of ether oxygens (including phenoxy) is 1. The third kappa shape index (κ3) is 4.68. The van der Waals surface area contributed by atoms with Gasteiger partial charge in [0.1, 0.15) is 10.6 Å². The van der Waals surface area contributed by atoms with E-state index in [4.69, 9.17) is 16.3 Å². The number of methoxy groups -OCH3 is 1. The topological polar surface area (TPSA) is 116 Å². The van der Waals surface area contributed by atoms with E-state index in [9.17, 15) is 23.3 Å². The zero-order valence-corrected chi connectivity index (χ0v) is 18.0. The van der Waals surface area contributed by atoms with Gasteiger partial charge in [0.25, 0.3) is 11.6 Å². The molecule has 0 spiro atoms. The minimum atomic E-state index is -4.20. The van der Waals surface area contributed by atoms with E-state index in [1.165, 1.54) is 37.4 Å². The van der Waals surface area contributed by atoms with Crippen LogP contribution in [0.1, 0.15) is 15.9 Å². The monoisotopic (exact) mass is 460 g/mol. The molecule has 0 unspecified atom stereocenters. The number of carbonyl (C=O) groups is 1. The molecule has 0 heterocycles. The molecule has 3 aromatic carbocycles. The summed E-state index contributed by atoms with van der Waals surface area (Å²) in [6, 6.07) is 13.6. The van der Waals surface area contributed by atoms with Gasteiger partial charge in [-0.2, -0.15) is 0 Å². The number of amides is 1. The molecule has 0 aromatic heterocycles. The second kappa shape index (κ2) is 8.75. The predicted molar refractivity (Wildman–Crippen MR) is 116 cm³/mol. The molecule has 1 N–H and O–H groups in total. The second-order valence-electron chi connectivity index (χ2n) is 6.54. The fraction of sp³-hybridized carbons (Fsp3) is 0.0952. The first-order valence-corrected chi connectivity index (χ1v) is 10.7. The van der Waals surface area contributed by atoms with Crippen molar-refractivity contribution < 1.29 is 22.9 Å². The maximum atomic E-state index is 12.9. The van der Waals surface area contributed by atoms with Crippen LogP contribution in [0.2, 0.25) is 5.02 Å². The Balaban J connectivity index is 1.97. The van der Waals surface area contributed by atoms with Crippen molar-refractivity contribution in [3.63, 3.8) is 0 Å². The van der Waals surface area contributed by atoms with Crippen molar-refractivity contribution in [3.05, 3.63) is 86.9 Å². The van der Waals surface area contributed by atoms with Crippen molar-refractivity contribution in [3.8, 4) is 5.75 Å². The minimum absolute atomic E-state index is 0.0721. The summed E-state index contributed by atoms with van der Waals surface area (Å²) < 4.78 is 30.9. The summed E-state index contributed by atoms with van der Waals surface area (Å²) in [5.41, 5.74) is 0.448. The number of nitro groups is 1. The van der Waals surface area contributed by atoms with Gasteiger partial charge in [0.05, 0.1) is 16.9 Å². The summed E-state index contributed by atoms with van der Waals surface area (Å²) in [5, 5.41) is 14.6. The Bertz CT molecular complexity index is 1270. The lowest BCUT2D eigenvalue weighted by atomic mass is 10.1. The number of rotatable bonds is 6. The summed E-state index contributed by atoms with van der Waals surface area (Å²) in [7, 11) is -2.76. The van der Waals surface area contributed by atoms with Crippen molar-refractivity contribution in [1.82, 2.24) is 0 Å². The Kier molecular flexibility index (Phi) is 6.28. The molecule has 31 heavy (non-hydrogen) atoms. The number of benzene rings is 3. The highest BCUT2D eigenvalue weighted by Gasteiger charge is 2.29. The number of hydrogen-bond donors (Lipinski definition) is 1. The summed E-state index contributed by atoms with van der Waals surface area (Å²) in [4.78, 5) is 22.6. The number of nitrogens with one attached hydrogen (secondary N) is 1. The molecule has 0 atom stereocenters. The third-order valence-electron chi connectivity index (χ3n) is 4.51. The van der Waals surface area contributed by atoms with Gasteiger partial charge in [-0.25, -0.2) is 8.42 Å². The van der Waals surface area contributed by atoms with E-state index in [0.717, 1.165) is 17.7 Å². The van der Waals surface area contributed by atoms with Gasteiger partial charge in [-0.05, 0) is 61.0 Å². The van der Waals surface area contributed by atoms with Crippen molar-refractivity contribution in [2.24, 2.45) is 0 Å². The Morgan fingerprint density at radius 3 is 2.32 bits per heavy atom. The lowest BCUT2D eigenvalue weighted by Gasteiger charge is -2.09. The highest BCUT2D eigenvalue weighted by atomic mass is 35.5. The SMILES string of the molecule is COc1ccc(S(=O)(=O)c2ccc(C(=O)Nc3ccc(C)c(Cl)c3)cc2[N+](=O)[O-])cc1. The van der Waals surface area contributed by atoms with Gasteiger partial charge >= 0.3 is 0 Å². The summed E-state index contributed by atoms with van der Waals surface area (Å²) in [6.45, 7) is 1.80. The first-order valence-electron chi connectivity index (χ1n) is 8.88.